The normalized spacial score (nSPS) is 10.4. The zero-order valence-corrected chi connectivity index (χ0v) is 12.5. The van der Waals surface area contributed by atoms with E-state index in [1.165, 1.54) is 11.8 Å². The summed E-state index contributed by atoms with van der Waals surface area (Å²) in [5, 5.41) is 11.1. The second-order valence-corrected chi connectivity index (χ2v) is 5.60. The molecule has 1 aromatic carbocycles. The number of halogens is 1. The van der Waals surface area contributed by atoms with Gasteiger partial charge in [0.15, 0.2) is 5.16 Å². The van der Waals surface area contributed by atoms with Crippen LogP contribution in [0.25, 0.3) is 0 Å². The number of amides is 1. The van der Waals surface area contributed by atoms with Gasteiger partial charge in [0.05, 0.1) is 11.4 Å². The van der Waals surface area contributed by atoms with Crippen molar-refractivity contribution in [3.63, 3.8) is 0 Å². The first kappa shape index (κ1) is 13.9. The van der Waals surface area contributed by atoms with Crippen LogP contribution in [0.5, 0.6) is 0 Å². The minimum atomic E-state index is -0.113. The van der Waals surface area contributed by atoms with Crippen LogP contribution >= 0.6 is 27.7 Å². The molecule has 100 valence electrons. The molecule has 0 unspecified atom stereocenters. The summed E-state index contributed by atoms with van der Waals surface area (Å²) < 4.78 is 2.52. The molecule has 0 radical (unpaired) electrons. The van der Waals surface area contributed by atoms with E-state index in [1.807, 2.05) is 7.05 Å². The first-order valence-corrected chi connectivity index (χ1v) is 7.16. The van der Waals surface area contributed by atoms with Crippen molar-refractivity contribution in [2.45, 2.75) is 5.16 Å². The lowest BCUT2D eigenvalue weighted by Gasteiger charge is -2.07. The Balaban J connectivity index is 1.93. The third kappa shape index (κ3) is 3.71. The molecule has 6 nitrogen and oxygen atoms in total. The van der Waals surface area contributed by atoms with E-state index in [-0.39, 0.29) is 11.7 Å². The van der Waals surface area contributed by atoms with Gasteiger partial charge in [-0.2, -0.15) is 0 Å². The first-order chi connectivity index (χ1) is 9.06. The van der Waals surface area contributed by atoms with Crippen LogP contribution in [-0.2, 0) is 11.8 Å². The maximum Gasteiger partial charge on any atom is 0.234 e. The Hall–Kier alpha value is -1.54. The lowest BCUT2D eigenvalue weighted by molar-refractivity contribution is -0.113. The summed E-state index contributed by atoms with van der Waals surface area (Å²) in [6, 6.07) is 5.23. The highest BCUT2D eigenvalue weighted by Gasteiger charge is 2.09. The molecule has 0 fully saturated rings. The second-order valence-electron chi connectivity index (χ2n) is 3.80. The van der Waals surface area contributed by atoms with Crippen LogP contribution in [0.3, 0.4) is 0 Å². The van der Waals surface area contributed by atoms with Crippen molar-refractivity contribution in [3.8, 4) is 0 Å². The minimum Gasteiger partial charge on any atom is -0.399 e. The van der Waals surface area contributed by atoms with Gasteiger partial charge in [-0.3, -0.25) is 4.79 Å². The van der Waals surface area contributed by atoms with Crippen molar-refractivity contribution in [1.29, 1.82) is 0 Å². The van der Waals surface area contributed by atoms with Gasteiger partial charge in [-0.15, -0.1) is 10.2 Å². The lowest BCUT2D eigenvalue weighted by atomic mass is 10.3. The molecule has 0 aliphatic rings. The number of hydrogen-bond acceptors (Lipinski definition) is 5. The van der Waals surface area contributed by atoms with Crippen LogP contribution < -0.4 is 11.1 Å². The van der Waals surface area contributed by atoms with Gasteiger partial charge in [0.2, 0.25) is 5.91 Å². The second kappa shape index (κ2) is 6.07. The highest BCUT2D eigenvalue weighted by atomic mass is 79.9. The van der Waals surface area contributed by atoms with Gasteiger partial charge >= 0.3 is 0 Å². The molecule has 0 saturated heterocycles. The van der Waals surface area contributed by atoms with Gasteiger partial charge in [0, 0.05) is 17.2 Å². The van der Waals surface area contributed by atoms with E-state index in [1.54, 1.807) is 29.1 Å². The summed E-state index contributed by atoms with van der Waals surface area (Å²) in [5.41, 5.74) is 6.96. The predicted octanol–water partition coefficient (Wildman–Crippen LogP) is 1.89. The quantitative estimate of drug-likeness (QED) is 0.655. The van der Waals surface area contributed by atoms with E-state index in [4.69, 9.17) is 5.73 Å². The van der Waals surface area contributed by atoms with Crippen LogP contribution in [0.1, 0.15) is 0 Å². The molecule has 1 heterocycles. The van der Waals surface area contributed by atoms with E-state index < -0.39 is 0 Å². The fourth-order valence-corrected chi connectivity index (χ4v) is 2.54. The molecule has 0 aliphatic heterocycles. The van der Waals surface area contributed by atoms with Crippen LogP contribution in [0, 0.1) is 0 Å². The average molecular weight is 342 g/mol. The highest BCUT2D eigenvalue weighted by Crippen LogP contribution is 2.25. The summed E-state index contributed by atoms with van der Waals surface area (Å²) in [6.45, 7) is 0. The number of rotatable bonds is 4. The van der Waals surface area contributed by atoms with Crippen molar-refractivity contribution in [2.24, 2.45) is 7.05 Å². The van der Waals surface area contributed by atoms with Gasteiger partial charge in [-0.1, -0.05) is 11.8 Å². The molecule has 0 atom stereocenters. The van der Waals surface area contributed by atoms with Crippen LogP contribution in [0.2, 0.25) is 0 Å². The van der Waals surface area contributed by atoms with E-state index >= 15 is 0 Å². The van der Waals surface area contributed by atoms with E-state index in [0.29, 0.717) is 16.5 Å². The summed E-state index contributed by atoms with van der Waals surface area (Å²) in [6.07, 6.45) is 1.59. The third-order valence-electron chi connectivity index (χ3n) is 2.27. The zero-order valence-electron chi connectivity index (χ0n) is 10.1. The van der Waals surface area contributed by atoms with Gasteiger partial charge in [0.1, 0.15) is 6.33 Å². The third-order valence-corrected chi connectivity index (χ3v) is 3.96. The molecular weight excluding hydrogens is 330 g/mol. The maximum atomic E-state index is 11.8. The fraction of sp³-hybridized carbons (Fsp3) is 0.182. The number of thioether (sulfide) groups is 1. The number of aryl methyl sites for hydroxylation is 1. The summed E-state index contributed by atoms with van der Waals surface area (Å²) >= 11 is 4.68. The Labute approximate surface area is 122 Å². The van der Waals surface area contributed by atoms with Gasteiger partial charge in [0.25, 0.3) is 0 Å². The predicted molar refractivity (Wildman–Crippen MR) is 78.9 cm³/mol. The van der Waals surface area contributed by atoms with Crippen LogP contribution in [0.4, 0.5) is 11.4 Å². The van der Waals surface area contributed by atoms with Crippen molar-refractivity contribution < 1.29 is 4.79 Å². The topological polar surface area (TPSA) is 85.8 Å². The molecule has 0 bridgehead atoms. The smallest absolute Gasteiger partial charge is 0.234 e. The molecule has 1 amide bonds. The van der Waals surface area contributed by atoms with Crippen molar-refractivity contribution in [2.75, 3.05) is 16.8 Å². The largest absolute Gasteiger partial charge is 0.399 e. The Kier molecular flexibility index (Phi) is 4.43. The van der Waals surface area contributed by atoms with E-state index in [0.717, 1.165) is 4.47 Å². The summed E-state index contributed by atoms with van der Waals surface area (Å²) in [5.74, 6) is 0.155. The van der Waals surface area contributed by atoms with E-state index in [2.05, 4.69) is 31.4 Å². The zero-order chi connectivity index (χ0) is 13.8. The number of anilines is 2. The number of hydrogen-bond donors (Lipinski definition) is 2. The lowest BCUT2D eigenvalue weighted by Crippen LogP contribution is -2.14. The molecule has 19 heavy (non-hydrogen) atoms. The number of aromatic nitrogens is 3. The molecule has 2 rings (SSSR count). The molecule has 0 saturated carbocycles. The minimum absolute atomic E-state index is 0.113. The standard InChI is InChI=1S/C11H12BrN5OS/c1-17-6-14-16-11(17)19-5-10(18)15-9-3-2-7(13)4-8(9)12/h2-4,6H,5,13H2,1H3,(H,15,18). The number of nitrogen functional groups attached to an aromatic ring is 1. The number of carbonyl (C=O) groups excluding carboxylic acids is 1. The number of nitrogens with one attached hydrogen (secondary N) is 1. The molecule has 0 aliphatic carbocycles. The summed E-state index contributed by atoms with van der Waals surface area (Å²) in [7, 11) is 1.83. The van der Waals surface area contributed by atoms with Crippen molar-refractivity contribution >= 4 is 45.0 Å². The molecule has 1 aromatic heterocycles. The number of nitrogens with two attached hydrogens (primary N) is 1. The Morgan fingerprint density at radius 1 is 1.58 bits per heavy atom. The van der Waals surface area contributed by atoms with E-state index in [9.17, 15) is 4.79 Å². The maximum absolute atomic E-state index is 11.8. The van der Waals surface area contributed by atoms with Gasteiger partial charge in [-0.25, -0.2) is 0 Å². The average Bonchev–Trinajstić information content (AvgIpc) is 2.76. The van der Waals surface area contributed by atoms with Crippen molar-refractivity contribution in [1.82, 2.24) is 14.8 Å². The number of benzene rings is 1. The van der Waals surface area contributed by atoms with Crippen LogP contribution in [0.15, 0.2) is 34.2 Å². The molecule has 0 spiro atoms. The summed E-state index contributed by atoms with van der Waals surface area (Å²) in [4.78, 5) is 11.8. The highest BCUT2D eigenvalue weighted by molar-refractivity contribution is 9.10. The SMILES string of the molecule is Cn1cnnc1SCC(=O)Nc1ccc(N)cc1Br. The molecule has 8 heteroatoms. The number of carbonyl (C=O) groups is 1. The molecule has 2 aromatic rings. The molecular formula is C11H12BrN5OS. The number of nitrogens with zero attached hydrogens (tertiary/aromatic N) is 3. The van der Waals surface area contributed by atoms with Crippen LogP contribution in [-0.4, -0.2) is 26.4 Å². The first-order valence-electron chi connectivity index (χ1n) is 5.38. The Morgan fingerprint density at radius 2 is 2.37 bits per heavy atom. The molecule has 3 N–H and O–H groups in total. The van der Waals surface area contributed by atoms with Gasteiger partial charge in [-0.05, 0) is 34.1 Å². The Bertz CT molecular complexity index is 601. The monoisotopic (exact) mass is 341 g/mol. The van der Waals surface area contributed by atoms with Crippen molar-refractivity contribution in [3.05, 3.63) is 29.0 Å². The fourth-order valence-electron chi connectivity index (χ4n) is 1.35. The Morgan fingerprint density at radius 3 is 3.00 bits per heavy atom. The van der Waals surface area contributed by atoms with Gasteiger partial charge < -0.3 is 15.6 Å².